The maximum absolute atomic E-state index is 13.0. The number of benzene rings is 1. The zero-order valence-corrected chi connectivity index (χ0v) is 15.1. The Bertz CT molecular complexity index is 573. The molecule has 1 unspecified atom stereocenters. The van der Waals surface area contributed by atoms with Crippen molar-refractivity contribution in [2.24, 2.45) is 5.41 Å². The first-order valence-electron chi connectivity index (χ1n) is 8.08. The van der Waals surface area contributed by atoms with E-state index in [1.807, 2.05) is 40.7 Å². The van der Waals surface area contributed by atoms with E-state index >= 15 is 0 Å². The second-order valence-corrected chi connectivity index (χ2v) is 7.22. The fraction of sp³-hybridized carbons (Fsp3) is 0.556. The first-order chi connectivity index (χ1) is 11.1. The van der Waals surface area contributed by atoms with Gasteiger partial charge in [-0.05, 0) is 44.2 Å². The highest BCUT2D eigenvalue weighted by molar-refractivity contribution is 5.95. The molecule has 134 valence electrons. The molecule has 0 saturated carbocycles. The molecule has 0 aliphatic heterocycles. The molecular weight excluding hydrogens is 308 g/mol. The van der Waals surface area contributed by atoms with Gasteiger partial charge >= 0.3 is 6.09 Å². The Hall–Kier alpha value is -2.08. The third-order valence-corrected chi connectivity index (χ3v) is 3.85. The standard InChI is InChI=1S/C18H28N2O4/c1-12-9-13(2)11-14(10-12)16(22)20(19-17(23)24)15(7-6-8-21)18(3,4)5/h9-11,15,19,21H,6-8H2,1-5H3,(H,23,24). The van der Waals surface area contributed by atoms with Crippen molar-refractivity contribution in [1.29, 1.82) is 0 Å². The lowest BCUT2D eigenvalue weighted by Crippen LogP contribution is -2.56. The van der Waals surface area contributed by atoms with Crippen molar-refractivity contribution >= 4 is 12.0 Å². The second-order valence-electron chi connectivity index (χ2n) is 7.22. The molecule has 1 aromatic rings. The van der Waals surface area contributed by atoms with Crippen molar-refractivity contribution < 1.29 is 19.8 Å². The lowest BCUT2D eigenvalue weighted by atomic mass is 9.83. The molecule has 0 bridgehead atoms. The van der Waals surface area contributed by atoms with Crippen LogP contribution in [0.4, 0.5) is 4.79 Å². The number of hydrogen-bond donors (Lipinski definition) is 3. The number of carbonyl (C=O) groups is 2. The average molecular weight is 336 g/mol. The Balaban J connectivity index is 3.26. The van der Waals surface area contributed by atoms with E-state index < -0.39 is 6.09 Å². The van der Waals surface area contributed by atoms with E-state index in [1.54, 1.807) is 12.1 Å². The Labute approximate surface area is 143 Å². The monoisotopic (exact) mass is 336 g/mol. The van der Waals surface area contributed by atoms with E-state index in [0.717, 1.165) is 11.1 Å². The summed E-state index contributed by atoms with van der Waals surface area (Å²) in [4.78, 5) is 24.2. The third-order valence-electron chi connectivity index (χ3n) is 3.85. The van der Waals surface area contributed by atoms with Crippen LogP contribution in [0, 0.1) is 19.3 Å². The van der Waals surface area contributed by atoms with Crippen LogP contribution in [0.3, 0.4) is 0 Å². The lowest BCUT2D eigenvalue weighted by Gasteiger charge is -2.39. The van der Waals surface area contributed by atoms with E-state index in [4.69, 9.17) is 5.11 Å². The van der Waals surface area contributed by atoms with Gasteiger partial charge in [0.1, 0.15) is 0 Å². The quantitative estimate of drug-likeness (QED) is 0.721. The Morgan fingerprint density at radius 3 is 2.12 bits per heavy atom. The highest BCUT2D eigenvalue weighted by atomic mass is 16.4. The second kappa shape index (κ2) is 8.15. The molecule has 0 spiro atoms. The molecule has 0 aromatic heterocycles. The summed E-state index contributed by atoms with van der Waals surface area (Å²) < 4.78 is 0. The summed E-state index contributed by atoms with van der Waals surface area (Å²) in [7, 11) is 0. The van der Waals surface area contributed by atoms with Gasteiger partial charge in [0.15, 0.2) is 0 Å². The molecule has 0 fully saturated rings. The van der Waals surface area contributed by atoms with Crippen LogP contribution in [0.5, 0.6) is 0 Å². The molecular formula is C18H28N2O4. The molecule has 0 aliphatic rings. The topological polar surface area (TPSA) is 89.9 Å². The largest absolute Gasteiger partial charge is 0.464 e. The Kier molecular flexibility index (Phi) is 6.78. The van der Waals surface area contributed by atoms with Gasteiger partial charge in [-0.2, -0.15) is 0 Å². The number of aliphatic hydroxyl groups is 1. The van der Waals surface area contributed by atoms with E-state index in [9.17, 15) is 14.7 Å². The minimum Gasteiger partial charge on any atom is -0.464 e. The predicted octanol–water partition coefficient (Wildman–Crippen LogP) is 3.12. The minimum atomic E-state index is -1.29. The number of aliphatic hydroxyl groups excluding tert-OH is 1. The van der Waals surface area contributed by atoms with E-state index in [1.165, 1.54) is 5.01 Å². The van der Waals surface area contributed by atoms with Gasteiger partial charge in [0.05, 0.1) is 6.04 Å². The molecule has 0 radical (unpaired) electrons. The van der Waals surface area contributed by atoms with Gasteiger partial charge in [-0.1, -0.05) is 38.0 Å². The minimum absolute atomic E-state index is 0.00870. The van der Waals surface area contributed by atoms with Gasteiger partial charge in [0.2, 0.25) is 0 Å². The molecule has 6 heteroatoms. The first-order valence-corrected chi connectivity index (χ1v) is 8.08. The molecule has 0 saturated heterocycles. The number of hydrazine groups is 1. The molecule has 3 N–H and O–H groups in total. The summed E-state index contributed by atoms with van der Waals surface area (Å²) in [6.07, 6.45) is -0.303. The van der Waals surface area contributed by atoms with Crippen molar-refractivity contribution in [3.8, 4) is 0 Å². The Morgan fingerprint density at radius 1 is 1.17 bits per heavy atom. The number of aryl methyl sites for hydroxylation is 2. The molecule has 0 aliphatic carbocycles. The predicted molar refractivity (Wildman–Crippen MR) is 92.8 cm³/mol. The smallest absolute Gasteiger partial charge is 0.423 e. The summed E-state index contributed by atoms with van der Waals surface area (Å²) in [5.74, 6) is -0.387. The van der Waals surface area contributed by atoms with Gasteiger partial charge in [-0.3, -0.25) is 4.79 Å². The number of nitrogens with zero attached hydrogens (tertiary/aromatic N) is 1. The number of nitrogens with one attached hydrogen (secondary N) is 1. The molecule has 6 nitrogen and oxygen atoms in total. The summed E-state index contributed by atoms with van der Waals surface area (Å²) in [6, 6.07) is 5.07. The zero-order valence-electron chi connectivity index (χ0n) is 15.1. The maximum Gasteiger partial charge on any atom is 0.423 e. The molecule has 2 amide bonds. The van der Waals surface area contributed by atoms with Crippen LogP contribution in [-0.4, -0.2) is 39.9 Å². The highest BCUT2D eigenvalue weighted by Gasteiger charge is 2.35. The normalized spacial score (nSPS) is 12.6. The van der Waals surface area contributed by atoms with Crippen molar-refractivity contribution in [1.82, 2.24) is 10.4 Å². The zero-order chi connectivity index (χ0) is 18.5. The van der Waals surface area contributed by atoms with Gasteiger partial charge in [0.25, 0.3) is 5.91 Å². The molecule has 1 aromatic carbocycles. The molecule has 0 heterocycles. The van der Waals surface area contributed by atoms with Crippen LogP contribution >= 0.6 is 0 Å². The third kappa shape index (κ3) is 5.53. The summed E-state index contributed by atoms with van der Waals surface area (Å²) >= 11 is 0. The van der Waals surface area contributed by atoms with Gasteiger partial charge < -0.3 is 10.2 Å². The van der Waals surface area contributed by atoms with Gasteiger partial charge in [0, 0.05) is 12.2 Å². The van der Waals surface area contributed by atoms with Crippen molar-refractivity contribution in [2.45, 2.75) is 53.5 Å². The Morgan fingerprint density at radius 2 is 1.71 bits per heavy atom. The number of hydrogen-bond acceptors (Lipinski definition) is 3. The molecule has 24 heavy (non-hydrogen) atoms. The van der Waals surface area contributed by atoms with Crippen molar-refractivity contribution in [2.75, 3.05) is 6.61 Å². The van der Waals surface area contributed by atoms with Crippen LogP contribution < -0.4 is 5.43 Å². The fourth-order valence-corrected chi connectivity index (χ4v) is 2.84. The summed E-state index contributed by atoms with van der Waals surface area (Å²) in [5, 5.41) is 19.5. The fourth-order valence-electron chi connectivity index (χ4n) is 2.84. The number of carbonyl (C=O) groups excluding carboxylic acids is 1. The van der Waals surface area contributed by atoms with Crippen LogP contribution in [0.1, 0.15) is 55.1 Å². The molecule has 1 rings (SSSR count). The van der Waals surface area contributed by atoms with Crippen LogP contribution in [0.15, 0.2) is 18.2 Å². The number of carboxylic acid groups (broad SMARTS) is 1. The summed E-state index contributed by atoms with van der Waals surface area (Å²) in [6.45, 7) is 9.61. The van der Waals surface area contributed by atoms with E-state index in [0.29, 0.717) is 18.4 Å². The number of amides is 2. The van der Waals surface area contributed by atoms with Gasteiger partial charge in [-0.15, -0.1) is 0 Å². The summed E-state index contributed by atoms with van der Waals surface area (Å²) in [5.41, 5.74) is 4.22. The van der Waals surface area contributed by atoms with E-state index in [-0.39, 0.29) is 24.0 Å². The van der Waals surface area contributed by atoms with E-state index in [2.05, 4.69) is 5.43 Å². The van der Waals surface area contributed by atoms with Crippen LogP contribution in [-0.2, 0) is 0 Å². The van der Waals surface area contributed by atoms with Crippen LogP contribution in [0.2, 0.25) is 0 Å². The SMILES string of the molecule is Cc1cc(C)cc(C(=O)N(NC(=O)O)C(CCCO)C(C)(C)C)c1. The first kappa shape index (κ1) is 20.0. The molecule has 1 atom stereocenters. The maximum atomic E-state index is 13.0. The van der Waals surface area contributed by atoms with Crippen molar-refractivity contribution in [3.05, 3.63) is 34.9 Å². The van der Waals surface area contributed by atoms with Crippen LogP contribution in [0.25, 0.3) is 0 Å². The van der Waals surface area contributed by atoms with Crippen molar-refractivity contribution in [3.63, 3.8) is 0 Å². The lowest BCUT2D eigenvalue weighted by molar-refractivity contribution is 0.0285. The highest BCUT2D eigenvalue weighted by Crippen LogP contribution is 2.28. The number of rotatable bonds is 5. The average Bonchev–Trinajstić information content (AvgIpc) is 2.42. The van der Waals surface area contributed by atoms with Gasteiger partial charge in [-0.25, -0.2) is 15.2 Å².